The molecule has 132 valence electrons. The van der Waals surface area contributed by atoms with Gasteiger partial charge in [0, 0.05) is 13.0 Å². The van der Waals surface area contributed by atoms with Crippen LogP contribution >= 0.6 is 0 Å². The number of halogens is 1. The molecule has 2 N–H and O–H groups in total. The Hall–Kier alpha value is -2.89. The molecule has 0 fully saturated rings. The number of amides is 1. The molecule has 0 atom stereocenters. The van der Waals surface area contributed by atoms with E-state index in [1.807, 2.05) is 0 Å². The zero-order valence-corrected chi connectivity index (χ0v) is 13.9. The Morgan fingerprint density at radius 2 is 1.76 bits per heavy atom. The highest BCUT2D eigenvalue weighted by molar-refractivity contribution is 5.87. The number of hydrogen-bond acceptors (Lipinski definition) is 3. The molecule has 2 rings (SSSR count). The molecule has 2 aromatic rings. The highest BCUT2D eigenvalue weighted by Gasteiger charge is 2.07. The molecule has 0 aliphatic heterocycles. The lowest BCUT2D eigenvalue weighted by Gasteiger charge is -2.07. The number of nitrogens with one attached hydrogen (secondary N) is 1. The van der Waals surface area contributed by atoms with Crippen molar-refractivity contribution in [3.05, 3.63) is 65.0 Å². The molecule has 0 saturated carbocycles. The average Bonchev–Trinajstić information content (AvgIpc) is 2.60. The summed E-state index contributed by atoms with van der Waals surface area (Å²) in [6.45, 7) is 0.461. The molecule has 0 radical (unpaired) electrons. The summed E-state index contributed by atoms with van der Waals surface area (Å²) >= 11 is 0. The van der Waals surface area contributed by atoms with Crippen molar-refractivity contribution in [1.29, 1.82) is 0 Å². The van der Waals surface area contributed by atoms with Gasteiger partial charge >= 0.3 is 5.97 Å². The van der Waals surface area contributed by atoms with Gasteiger partial charge in [-0.05, 0) is 48.2 Å². The second-order valence-corrected chi connectivity index (χ2v) is 5.57. The molecular weight excluding hydrogens is 325 g/mol. The van der Waals surface area contributed by atoms with Crippen LogP contribution in [0.2, 0.25) is 0 Å². The summed E-state index contributed by atoms with van der Waals surface area (Å²) in [7, 11) is 1.40. The molecule has 0 aromatic heterocycles. The van der Waals surface area contributed by atoms with E-state index in [4.69, 9.17) is 9.84 Å². The molecule has 0 bridgehead atoms. The Balaban J connectivity index is 1.73. The second kappa shape index (κ2) is 8.82. The largest absolute Gasteiger partial charge is 0.494 e. The van der Waals surface area contributed by atoms with Crippen LogP contribution in [0.1, 0.15) is 27.9 Å². The zero-order chi connectivity index (χ0) is 18.2. The number of aryl methyl sites for hydroxylation is 1. The van der Waals surface area contributed by atoms with Gasteiger partial charge < -0.3 is 15.2 Å². The van der Waals surface area contributed by atoms with E-state index in [2.05, 4.69) is 5.32 Å². The van der Waals surface area contributed by atoms with Crippen LogP contribution in [0.25, 0.3) is 0 Å². The molecule has 1 amide bonds. The van der Waals surface area contributed by atoms with E-state index in [9.17, 15) is 14.0 Å². The maximum Gasteiger partial charge on any atom is 0.335 e. The van der Waals surface area contributed by atoms with Crippen LogP contribution in [-0.2, 0) is 17.6 Å². The van der Waals surface area contributed by atoms with Gasteiger partial charge in [0.1, 0.15) is 0 Å². The lowest BCUT2D eigenvalue weighted by atomic mass is 10.1. The van der Waals surface area contributed by atoms with Gasteiger partial charge in [0.25, 0.3) is 0 Å². The van der Waals surface area contributed by atoms with E-state index in [1.54, 1.807) is 24.3 Å². The number of methoxy groups -OCH3 is 1. The third-order valence-electron chi connectivity index (χ3n) is 3.79. The first kappa shape index (κ1) is 18.4. The molecule has 6 heteroatoms. The fourth-order valence-electron chi connectivity index (χ4n) is 2.37. The number of carboxylic acid groups (broad SMARTS) is 1. The molecule has 0 spiro atoms. The summed E-state index contributed by atoms with van der Waals surface area (Å²) in [6, 6.07) is 11.2. The van der Waals surface area contributed by atoms with Gasteiger partial charge in [0.2, 0.25) is 5.91 Å². The van der Waals surface area contributed by atoms with Crippen molar-refractivity contribution in [1.82, 2.24) is 5.32 Å². The van der Waals surface area contributed by atoms with Gasteiger partial charge in [0.15, 0.2) is 11.6 Å². The summed E-state index contributed by atoms with van der Waals surface area (Å²) in [5.74, 6) is -1.33. The summed E-state index contributed by atoms with van der Waals surface area (Å²) in [5.41, 5.74) is 1.92. The molecule has 2 aromatic carbocycles. The van der Waals surface area contributed by atoms with Crippen LogP contribution < -0.4 is 10.1 Å². The number of carboxylic acids is 1. The molecule has 0 aliphatic rings. The van der Waals surface area contributed by atoms with Crippen LogP contribution in [0.5, 0.6) is 5.75 Å². The van der Waals surface area contributed by atoms with E-state index < -0.39 is 11.8 Å². The summed E-state index contributed by atoms with van der Waals surface area (Å²) < 4.78 is 18.4. The average molecular weight is 345 g/mol. The minimum Gasteiger partial charge on any atom is -0.494 e. The summed E-state index contributed by atoms with van der Waals surface area (Å²) in [4.78, 5) is 22.6. The van der Waals surface area contributed by atoms with Crippen LogP contribution in [-0.4, -0.2) is 30.6 Å². The van der Waals surface area contributed by atoms with Gasteiger partial charge in [0.05, 0.1) is 12.7 Å². The molecule has 25 heavy (non-hydrogen) atoms. The SMILES string of the molecule is COc1ccc(CCC(=O)NCCc2ccc(C(=O)O)cc2)cc1F. The molecular formula is C19H20FNO4. The third kappa shape index (κ3) is 5.60. The Morgan fingerprint density at radius 3 is 2.36 bits per heavy atom. The predicted octanol–water partition coefficient (Wildman–Crippen LogP) is 2.82. The Bertz CT molecular complexity index is 744. The number of benzene rings is 2. The smallest absolute Gasteiger partial charge is 0.335 e. The van der Waals surface area contributed by atoms with Gasteiger partial charge in [-0.2, -0.15) is 0 Å². The van der Waals surface area contributed by atoms with Crippen LogP contribution in [0.3, 0.4) is 0 Å². The first-order valence-corrected chi connectivity index (χ1v) is 7.91. The highest BCUT2D eigenvalue weighted by atomic mass is 19.1. The van der Waals surface area contributed by atoms with Gasteiger partial charge in [-0.15, -0.1) is 0 Å². The number of carbonyl (C=O) groups excluding carboxylic acids is 1. The molecule has 5 nitrogen and oxygen atoms in total. The first-order chi connectivity index (χ1) is 12.0. The molecule has 0 aliphatic carbocycles. The number of carbonyl (C=O) groups is 2. The molecule has 0 heterocycles. The van der Waals surface area contributed by atoms with Crippen molar-refractivity contribution in [3.8, 4) is 5.75 Å². The minimum atomic E-state index is -0.963. The van der Waals surface area contributed by atoms with Gasteiger partial charge in [-0.1, -0.05) is 18.2 Å². The predicted molar refractivity (Wildman–Crippen MR) is 91.4 cm³/mol. The van der Waals surface area contributed by atoms with Crippen LogP contribution in [0.4, 0.5) is 4.39 Å². The second-order valence-electron chi connectivity index (χ2n) is 5.57. The summed E-state index contributed by atoms with van der Waals surface area (Å²) in [5, 5.41) is 11.6. The van der Waals surface area contributed by atoms with E-state index in [0.29, 0.717) is 19.4 Å². The highest BCUT2D eigenvalue weighted by Crippen LogP contribution is 2.18. The van der Waals surface area contributed by atoms with E-state index in [0.717, 1.165) is 11.1 Å². The van der Waals surface area contributed by atoms with Crippen molar-refractivity contribution in [2.75, 3.05) is 13.7 Å². The molecule has 0 unspecified atom stereocenters. The Labute approximate surface area is 145 Å². The Morgan fingerprint density at radius 1 is 1.08 bits per heavy atom. The number of ether oxygens (including phenoxy) is 1. The lowest BCUT2D eigenvalue weighted by Crippen LogP contribution is -2.25. The van der Waals surface area contributed by atoms with Crippen molar-refractivity contribution < 1.29 is 23.8 Å². The molecule has 0 saturated heterocycles. The number of hydrogen-bond donors (Lipinski definition) is 2. The minimum absolute atomic E-state index is 0.113. The van der Waals surface area contributed by atoms with Crippen LogP contribution in [0.15, 0.2) is 42.5 Å². The van der Waals surface area contributed by atoms with Gasteiger partial charge in [-0.25, -0.2) is 9.18 Å². The first-order valence-electron chi connectivity index (χ1n) is 7.91. The maximum atomic E-state index is 13.6. The fraction of sp³-hybridized carbons (Fsp3) is 0.263. The zero-order valence-electron chi connectivity index (χ0n) is 13.9. The van der Waals surface area contributed by atoms with Crippen LogP contribution in [0, 0.1) is 5.82 Å². The fourth-order valence-corrected chi connectivity index (χ4v) is 2.37. The van der Waals surface area contributed by atoms with Crippen molar-refractivity contribution in [2.24, 2.45) is 0 Å². The van der Waals surface area contributed by atoms with E-state index in [1.165, 1.54) is 25.3 Å². The maximum absolute atomic E-state index is 13.6. The lowest BCUT2D eigenvalue weighted by molar-refractivity contribution is -0.121. The van der Waals surface area contributed by atoms with E-state index in [-0.39, 0.29) is 23.6 Å². The number of rotatable bonds is 8. The Kier molecular flexibility index (Phi) is 6.51. The topological polar surface area (TPSA) is 75.6 Å². The monoisotopic (exact) mass is 345 g/mol. The van der Waals surface area contributed by atoms with Crippen molar-refractivity contribution in [3.63, 3.8) is 0 Å². The standard InChI is InChI=1S/C19H20FNO4/c1-25-17-8-4-14(12-16(17)20)5-9-18(22)21-11-10-13-2-6-15(7-3-13)19(23)24/h2-4,6-8,12H,5,9-11H2,1H3,(H,21,22)(H,23,24). The normalized spacial score (nSPS) is 10.3. The third-order valence-corrected chi connectivity index (χ3v) is 3.79. The number of aromatic carboxylic acids is 1. The van der Waals surface area contributed by atoms with E-state index >= 15 is 0 Å². The quantitative estimate of drug-likeness (QED) is 0.771. The van der Waals surface area contributed by atoms with Crippen molar-refractivity contribution >= 4 is 11.9 Å². The van der Waals surface area contributed by atoms with Gasteiger partial charge in [-0.3, -0.25) is 4.79 Å². The summed E-state index contributed by atoms with van der Waals surface area (Å²) in [6.07, 6.45) is 1.33. The van der Waals surface area contributed by atoms with Crippen molar-refractivity contribution in [2.45, 2.75) is 19.3 Å².